The minimum Gasteiger partial charge on any atom is -0.464 e. The van der Waals surface area contributed by atoms with Crippen LogP contribution in [-0.4, -0.2) is 22.9 Å². The van der Waals surface area contributed by atoms with E-state index in [4.69, 9.17) is 10.2 Å². The molecule has 4 heteroatoms. The van der Waals surface area contributed by atoms with E-state index in [-0.39, 0.29) is 23.9 Å². The highest BCUT2D eigenvalue weighted by Crippen LogP contribution is 2.48. The Morgan fingerprint density at radius 3 is 2.62 bits per heavy atom. The summed E-state index contributed by atoms with van der Waals surface area (Å²) in [4.78, 5) is 14.9. The molecule has 1 aromatic rings. The summed E-state index contributed by atoms with van der Waals surface area (Å²) < 4.78 is 5.64. The van der Waals surface area contributed by atoms with Gasteiger partial charge in [-0.05, 0) is 64.0 Å². The van der Waals surface area contributed by atoms with Gasteiger partial charge >= 0.3 is 0 Å². The van der Waals surface area contributed by atoms with Crippen molar-refractivity contribution in [2.45, 2.75) is 58.7 Å². The van der Waals surface area contributed by atoms with Crippen LogP contribution in [0.3, 0.4) is 0 Å². The molecule has 1 amide bonds. The molecule has 1 heterocycles. The summed E-state index contributed by atoms with van der Waals surface area (Å²) in [5.41, 5.74) is 6.33. The van der Waals surface area contributed by atoms with Crippen molar-refractivity contribution in [3.05, 3.63) is 23.7 Å². The highest BCUT2D eigenvalue weighted by Gasteiger charge is 2.50. The number of rotatable bonds is 4. The number of furan rings is 1. The molecule has 2 aliphatic carbocycles. The molecule has 1 aromatic heterocycles. The first kappa shape index (κ1) is 14.6. The van der Waals surface area contributed by atoms with Crippen molar-refractivity contribution < 1.29 is 9.21 Å². The van der Waals surface area contributed by atoms with Gasteiger partial charge in [-0.3, -0.25) is 4.79 Å². The van der Waals surface area contributed by atoms with Crippen molar-refractivity contribution >= 4 is 5.91 Å². The number of nitrogens with zero attached hydrogens (tertiary/aromatic N) is 1. The van der Waals surface area contributed by atoms with Crippen LogP contribution in [0.2, 0.25) is 0 Å². The van der Waals surface area contributed by atoms with E-state index < -0.39 is 0 Å². The van der Waals surface area contributed by atoms with Crippen LogP contribution in [0.4, 0.5) is 0 Å². The molecule has 21 heavy (non-hydrogen) atoms. The molecule has 3 rings (SSSR count). The van der Waals surface area contributed by atoms with Crippen molar-refractivity contribution in [2.24, 2.45) is 23.5 Å². The molecule has 2 aliphatic rings. The molecular weight excluding hydrogens is 264 g/mol. The first-order chi connectivity index (χ1) is 9.97. The Balaban J connectivity index is 1.76. The summed E-state index contributed by atoms with van der Waals surface area (Å²) in [6, 6.07) is 4.12. The lowest BCUT2D eigenvalue weighted by Crippen LogP contribution is -2.48. The predicted octanol–water partition coefficient (Wildman–Crippen LogP) is 2.70. The van der Waals surface area contributed by atoms with Crippen molar-refractivity contribution in [2.75, 3.05) is 0 Å². The summed E-state index contributed by atoms with van der Waals surface area (Å²) in [7, 11) is 0. The zero-order valence-corrected chi connectivity index (χ0v) is 13.2. The SMILES string of the molecule is Cc1ccc(CN(C(=O)C2C3CCC(C3)C2N)C(C)C)o1. The smallest absolute Gasteiger partial charge is 0.228 e. The highest BCUT2D eigenvalue weighted by molar-refractivity contribution is 5.80. The number of nitrogens with two attached hydrogens (primary N) is 1. The monoisotopic (exact) mass is 290 g/mol. The molecule has 0 radical (unpaired) electrons. The second-order valence-corrected chi connectivity index (χ2v) is 7.01. The van der Waals surface area contributed by atoms with Gasteiger partial charge in [0.2, 0.25) is 5.91 Å². The Labute approximate surface area is 126 Å². The van der Waals surface area contributed by atoms with Crippen LogP contribution in [0.15, 0.2) is 16.5 Å². The van der Waals surface area contributed by atoms with Crippen LogP contribution in [0.1, 0.15) is 44.6 Å². The van der Waals surface area contributed by atoms with E-state index in [9.17, 15) is 4.79 Å². The largest absolute Gasteiger partial charge is 0.464 e. The lowest BCUT2D eigenvalue weighted by Gasteiger charge is -2.34. The third-order valence-corrected chi connectivity index (χ3v) is 5.29. The third kappa shape index (κ3) is 2.61. The van der Waals surface area contributed by atoms with Gasteiger partial charge in [0.1, 0.15) is 11.5 Å². The zero-order valence-electron chi connectivity index (χ0n) is 13.2. The van der Waals surface area contributed by atoms with Gasteiger partial charge in [-0.1, -0.05) is 0 Å². The van der Waals surface area contributed by atoms with Crippen LogP contribution in [0, 0.1) is 24.7 Å². The number of hydrogen-bond acceptors (Lipinski definition) is 3. The van der Waals surface area contributed by atoms with E-state index in [2.05, 4.69) is 13.8 Å². The van der Waals surface area contributed by atoms with Crippen molar-refractivity contribution in [3.63, 3.8) is 0 Å². The first-order valence-corrected chi connectivity index (χ1v) is 8.08. The Bertz CT molecular complexity index is 521. The van der Waals surface area contributed by atoms with Gasteiger partial charge in [0.05, 0.1) is 12.5 Å². The topological polar surface area (TPSA) is 59.5 Å². The van der Waals surface area contributed by atoms with Crippen LogP contribution in [0.5, 0.6) is 0 Å². The average molecular weight is 290 g/mol. The average Bonchev–Trinajstić information content (AvgIpc) is 3.11. The van der Waals surface area contributed by atoms with Crippen molar-refractivity contribution in [1.29, 1.82) is 0 Å². The summed E-state index contributed by atoms with van der Waals surface area (Å²) in [5, 5.41) is 0. The van der Waals surface area contributed by atoms with Crippen molar-refractivity contribution in [3.8, 4) is 0 Å². The number of amides is 1. The normalized spacial score (nSPS) is 31.1. The molecule has 0 spiro atoms. The standard InChI is InChI=1S/C17H26N2O2/c1-10(2)19(9-14-7-4-11(3)21-14)17(20)15-12-5-6-13(8-12)16(15)18/h4,7,10,12-13,15-16H,5-6,8-9,18H2,1-3H3. The second-order valence-electron chi connectivity index (χ2n) is 7.01. The Morgan fingerprint density at radius 2 is 2.10 bits per heavy atom. The summed E-state index contributed by atoms with van der Waals surface area (Å²) >= 11 is 0. The molecule has 2 bridgehead atoms. The van der Waals surface area contributed by atoms with Crippen molar-refractivity contribution in [1.82, 2.24) is 4.90 Å². The first-order valence-electron chi connectivity index (χ1n) is 8.08. The third-order valence-electron chi connectivity index (χ3n) is 5.29. The number of fused-ring (bicyclic) bond motifs is 2. The van der Waals surface area contributed by atoms with Crippen LogP contribution < -0.4 is 5.73 Å². The van der Waals surface area contributed by atoms with Crippen LogP contribution in [0.25, 0.3) is 0 Å². The minimum absolute atomic E-state index is 0.0159. The summed E-state index contributed by atoms with van der Waals surface area (Å²) in [6.07, 6.45) is 3.51. The van der Waals surface area contributed by atoms with Crippen LogP contribution in [-0.2, 0) is 11.3 Å². The van der Waals surface area contributed by atoms with Crippen LogP contribution >= 0.6 is 0 Å². The van der Waals surface area contributed by atoms with E-state index in [1.807, 2.05) is 24.0 Å². The fourth-order valence-electron chi connectivity index (χ4n) is 4.15. The Hall–Kier alpha value is -1.29. The fraction of sp³-hybridized carbons (Fsp3) is 0.706. The number of hydrogen-bond donors (Lipinski definition) is 1. The maximum Gasteiger partial charge on any atom is 0.228 e. The highest BCUT2D eigenvalue weighted by atomic mass is 16.3. The van der Waals surface area contributed by atoms with Gasteiger partial charge in [-0.2, -0.15) is 0 Å². The molecule has 0 aromatic carbocycles. The van der Waals surface area contributed by atoms with E-state index in [0.717, 1.165) is 17.9 Å². The summed E-state index contributed by atoms with van der Waals surface area (Å²) in [5.74, 6) is 3.03. The molecule has 0 aliphatic heterocycles. The van der Waals surface area contributed by atoms with Gasteiger partial charge in [0, 0.05) is 12.1 Å². The molecule has 2 N–H and O–H groups in total. The molecule has 2 fully saturated rings. The molecule has 2 saturated carbocycles. The molecule has 0 saturated heterocycles. The Morgan fingerprint density at radius 1 is 1.38 bits per heavy atom. The zero-order chi connectivity index (χ0) is 15.1. The number of carbonyl (C=O) groups is 1. The molecule has 4 unspecified atom stereocenters. The van der Waals surface area contributed by atoms with E-state index in [1.165, 1.54) is 12.8 Å². The molecule has 116 valence electrons. The lowest BCUT2D eigenvalue weighted by molar-refractivity contribution is -0.140. The molecular formula is C17H26N2O2. The van der Waals surface area contributed by atoms with Gasteiger partial charge in [0.15, 0.2) is 0 Å². The summed E-state index contributed by atoms with van der Waals surface area (Å²) in [6.45, 7) is 6.60. The van der Waals surface area contributed by atoms with Gasteiger partial charge in [-0.25, -0.2) is 0 Å². The van der Waals surface area contributed by atoms with Gasteiger partial charge in [-0.15, -0.1) is 0 Å². The van der Waals surface area contributed by atoms with Gasteiger partial charge in [0.25, 0.3) is 0 Å². The van der Waals surface area contributed by atoms with E-state index >= 15 is 0 Å². The van der Waals surface area contributed by atoms with E-state index in [1.54, 1.807) is 0 Å². The molecule has 4 nitrogen and oxygen atoms in total. The number of carbonyl (C=O) groups excluding carboxylic acids is 1. The van der Waals surface area contributed by atoms with E-state index in [0.29, 0.717) is 18.4 Å². The minimum atomic E-state index is 0.0159. The fourth-order valence-corrected chi connectivity index (χ4v) is 4.15. The number of aryl methyl sites for hydroxylation is 1. The molecule has 4 atom stereocenters. The maximum absolute atomic E-state index is 13.0. The van der Waals surface area contributed by atoms with Gasteiger partial charge < -0.3 is 15.1 Å². The maximum atomic E-state index is 13.0. The predicted molar refractivity (Wildman–Crippen MR) is 81.4 cm³/mol. The second kappa shape index (κ2) is 5.48. The lowest BCUT2D eigenvalue weighted by atomic mass is 9.83. The quantitative estimate of drug-likeness (QED) is 0.927. The Kier molecular flexibility index (Phi) is 3.82.